The van der Waals surface area contributed by atoms with Crippen molar-refractivity contribution >= 4 is 22.5 Å². The van der Waals surface area contributed by atoms with Crippen molar-refractivity contribution in [3.8, 4) is 5.75 Å². The first kappa shape index (κ1) is 19.6. The van der Waals surface area contributed by atoms with Gasteiger partial charge in [0.05, 0.1) is 23.8 Å². The number of nitrogens with one attached hydrogen (secondary N) is 1. The Morgan fingerprint density at radius 1 is 1.11 bits per heavy atom. The second-order valence-electron chi connectivity index (χ2n) is 6.64. The number of fused-ring (bicyclic) bond motifs is 1. The first-order chi connectivity index (χ1) is 13.7. The second kappa shape index (κ2) is 9.69. The quantitative estimate of drug-likeness (QED) is 0.571. The van der Waals surface area contributed by atoms with Gasteiger partial charge in [-0.2, -0.15) is 0 Å². The first-order valence-electron chi connectivity index (χ1n) is 9.64. The maximum atomic E-state index is 12.4. The monoisotopic (exact) mass is 379 g/mol. The Hall–Kier alpha value is -3.15. The molecule has 1 heterocycles. The van der Waals surface area contributed by atoms with Gasteiger partial charge in [0.1, 0.15) is 5.75 Å². The molecule has 0 aliphatic heterocycles. The molecule has 0 aliphatic rings. The van der Waals surface area contributed by atoms with E-state index in [-0.39, 0.29) is 11.5 Å². The van der Waals surface area contributed by atoms with Gasteiger partial charge in [-0.15, -0.1) is 0 Å². The van der Waals surface area contributed by atoms with Gasteiger partial charge >= 0.3 is 0 Å². The number of hydrogen-bond acceptors (Lipinski definition) is 4. The Morgan fingerprint density at radius 3 is 2.68 bits per heavy atom. The van der Waals surface area contributed by atoms with Crippen LogP contribution in [0.1, 0.15) is 32.6 Å². The largest absolute Gasteiger partial charge is 0.494 e. The van der Waals surface area contributed by atoms with Gasteiger partial charge in [0.2, 0.25) is 5.91 Å². The highest BCUT2D eigenvalue weighted by Crippen LogP contribution is 2.16. The molecule has 0 atom stereocenters. The third-order valence-corrected chi connectivity index (χ3v) is 4.44. The number of ether oxygens (including phenoxy) is 1. The molecular weight excluding hydrogens is 354 g/mol. The van der Waals surface area contributed by atoms with Crippen LogP contribution in [0.4, 0.5) is 5.69 Å². The minimum Gasteiger partial charge on any atom is -0.494 e. The van der Waals surface area contributed by atoms with Gasteiger partial charge in [-0.1, -0.05) is 25.5 Å². The van der Waals surface area contributed by atoms with Crippen LogP contribution in [0.5, 0.6) is 5.75 Å². The zero-order valence-corrected chi connectivity index (χ0v) is 16.1. The smallest absolute Gasteiger partial charge is 0.261 e. The summed E-state index contributed by atoms with van der Waals surface area (Å²) in [5, 5.41) is 3.46. The standard InChI is InChI=1S/C22H25N3O3/c1-2-3-15-28-18-12-10-17(11-13-18)24-21(26)9-6-14-25-16-23-20-8-5-4-7-19(20)22(25)27/h4-5,7-8,10-13,16H,2-3,6,9,14-15H2,1H3,(H,24,26). The molecule has 2 aromatic carbocycles. The van der Waals surface area contributed by atoms with Crippen molar-refractivity contribution in [3.05, 3.63) is 65.2 Å². The molecule has 0 unspecified atom stereocenters. The average Bonchev–Trinajstić information content (AvgIpc) is 2.71. The van der Waals surface area contributed by atoms with Gasteiger partial charge in [-0.05, 0) is 49.2 Å². The molecule has 6 heteroatoms. The maximum Gasteiger partial charge on any atom is 0.261 e. The van der Waals surface area contributed by atoms with Crippen LogP contribution in [0.25, 0.3) is 10.9 Å². The molecule has 3 rings (SSSR count). The molecule has 1 aromatic heterocycles. The highest BCUT2D eigenvalue weighted by atomic mass is 16.5. The number of carbonyl (C=O) groups is 1. The number of carbonyl (C=O) groups excluding carboxylic acids is 1. The summed E-state index contributed by atoms with van der Waals surface area (Å²) in [6, 6.07) is 14.6. The summed E-state index contributed by atoms with van der Waals surface area (Å²) in [6.45, 7) is 3.27. The third kappa shape index (κ3) is 5.19. The second-order valence-corrected chi connectivity index (χ2v) is 6.64. The molecule has 1 amide bonds. The van der Waals surface area contributed by atoms with E-state index in [9.17, 15) is 9.59 Å². The normalized spacial score (nSPS) is 10.8. The fraction of sp³-hybridized carbons (Fsp3) is 0.318. The van der Waals surface area contributed by atoms with Crippen LogP contribution in [0.3, 0.4) is 0 Å². The van der Waals surface area contributed by atoms with Crippen molar-refractivity contribution in [1.29, 1.82) is 0 Å². The molecule has 0 bridgehead atoms. The van der Waals surface area contributed by atoms with Crippen molar-refractivity contribution in [3.63, 3.8) is 0 Å². The van der Waals surface area contributed by atoms with Crippen molar-refractivity contribution in [2.75, 3.05) is 11.9 Å². The predicted octanol–water partition coefficient (Wildman–Crippen LogP) is 3.99. The van der Waals surface area contributed by atoms with Gasteiger partial charge < -0.3 is 10.1 Å². The van der Waals surface area contributed by atoms with Crippen LogP contribution in [0.2, 0.25) is 0 Å². The molecule has 0 aliphatic carbocycles. The Kier molecular flexibility index (Phi) is 6.78. The topological polar surface area (TPSA) is 73.2 Å². The van der Waals surface area contributed by atoms with E-state index < -0.39 is 0 Å². The SMILES string of the molecule is CCCCOc1ccc(NC(=O)CCCn2cnc3ccccc3c2=O)cc1. The summed E-state index contributed by atoms with van der Waals surface area (Å²) >= 11 is 0. The summed E-state index contributed by atoms with van der Waals surface area (Å²) in [5.41, 5.74) is 1.34. The molecule has 0 saturated carbocycles. The van der Waals surface area contributed by atoms with Gasteiger partial charge in [0.25, 0.3) is 5.56 Å². The maximum absolute atomic E-state index is 12.4. The fourth-order valence-electron chi connectivity index (χ4n) is 2.87. The molecule has 28 heavy (non-hydrogen) atoms. The number of aromatic nitrogens is 2. The Morgan fingerprint density at radius 2 is 1.89 bits per heavy atom. The van der Waals surface area contributed by atoms with E-state index in [1.54, 1.807) is 17.0 Å². The minimum atomic E-state index is -0.0820. The molecule has 0 fully saturated rings. The van der Waals surface area contributed by atoms with Gasteiger partial charge in [-0.3, -0.25) is 14.2 Å². The molecule has 146 valence electrons. The van der Waals surface area contributed by atoms with Crippen LogP contribution in [-0.2, 0) is 11.3 Å². The molecule has 0 radical (unpaired) electrons. The van der Waals surface area contributed by atoms with Crippen LogP contribution in [0, 0.1) is 0 Å². The number of rotatable bonds is 9. The Bertz CT molecular complexity index is 980. The minimum absolute atomic E-state index is 0.0790. The van der Waals surface area contributed by atoms with E-state index in [0.29, 0.717) is 36.9 Å². The zero-order chi connectivity index (χ0) is 19.8. The third-order valence-electron chi connectivity index (χ3n) is 4.44. The lowest BCUT2D eigenvalue weighted by Crippen LogP contribution is -2.21. The lowest BCUT2D eigenvalue weighted by Gasteiger charge is -2.09. The van der Waals surface area contributed by atoms with Crippen molar-refractivity contribution in [2.45, 2.75) is 39.2 Å². The van der Waals surface area contributed by atoms with Gasteiger partial charge in [0.15, 0.2) is 0 Å². The highest BCUT2D eigenvalue weighted by Gasteiger charge is 2.06. The van der Waals surface area contributed by atoms with Crippen LogP contribution in [0.15, 0.2) is 59.7 Å². The number of hydrogen-bond donors (Lipinski definition) is 1. The summed E-state index contributed by atoms with van der Waals surface area (Å²) in [7, 11) is 0. The van der Waals surface area contributed by atoms with Gasteiger partial charge in [0, 0.05) is 18.7 Å². The van der Waals surface area contributed by atoms with Crippen LogP contribution in [-0.4, -0.2) is 22.1 Å². The number of unbranched alkanes of at least 4 members (excludes halogenated alkanes) is 1. The Labute approximate surface area is 164 Å². The highest BCUT2D eigenvalue weighted by molar-refractivity contribution is 5.90. The summed E-state index contributed by atoms with van der Waals surface area (Å²) < 4.78 is 7.16. The first-order valence-corrected chi connectivity index (χ1v) is 9.64. The summed E-state index contributed by atoms with van der Waals surface area (Å²) in [6.07, 6.45) is 4.54. The van der Waals surface area contributed by atoms with E-state index in [4.69, 9.17) is 4.74 Å². The molecule has 0 spiro atoms. The van der Waals surface area contributed by atoms with Crippen LogP contribution >= 0.6 is 0 Å². The lowest BCUT2D eigenvalue weighted by molar-refractivity contribution is -0.116. The van der Waals surface area contributed by atoms with E-state index in [1.165, 1.54) is 0 Å². The Balaban J connectivity index is 1.48. The van der Waals surface area contributed by atoms with Crippen LogP contribution < -0.4 is 15.6 Å². The molecule has 0 saturated heterocycles. The summed E-state index contributed by atoms with van der Waals surface area (Å²) in [5.74, 6) is 0.719. The van der Waals surface area contributed by atoms with Crippen molar-refractivity contribution in [2.24, 2.45) is 0 Å². The molecular formula is C22H25N3O3. The van der Waals surface area contributed by atoms with E-state index in [0.717, 1.165) is 24.3 Å². The lowest BCUT2D eigenvalue weighted by atomic mass is 10.2. The van der Waals surface area contributed by atoms with Crippen molar-refractivity contribution < 1.29 is 9.53 Å². The average molecular weight is 379 g/mol. The number of benzene rings is 2. The molecule has 6 nitrogen and oxygen atoms in total. The predicted molar refractivity (Wildman–Crippen MR) is 111 cm³/mol. The number of para-hydroxylation sites is 1. The van der Waals surface area contributed by atoms with Crippen molar-refractivity contribution in [1.82, 2.24) is 9.55 Å². The van der Waals surface area contributed by atoms with E-state index >= 15 is 0 Å². The number of amides is 1. The number of nitrogens with zero attached hydrogens (tertiary/aromatic N) is 2. The fourth-order valence-corrected chi connectivity index (χ4v) is 2.87. The summed E-state index contributed by atoms with van der Waals surface area (Å²) in [4.78, 5) is 28.9. The van der Waals surface area contributed by atoms with E-state index in [1.807, 2.05) is 42.5 Å². The van der Waals surface area contributed by atoms with Gasteiger partial charge in [-0.25, -0.2) is 4.98 Å². The number of anilines is 1. The molecule has 1 N–H and O–H groups in total. The number of aryl methyl sites for hydroxylation is 1. The zero-order valence-electron chi connectivity index (χ0n) is 16.1. The molecule has 3 aromatic rings. The van der Waals surface area contributed by atoms with E-state index in [2.05, 4.69) is 17.2 Å².